The van der Waals surface area contributed by atoms with Gasteiger partial charge in [0.25, 0.3) is 5.91 Å². The molecule has 0 N–H and O–H groups in total. The Morgan fingerprint density at radius 2 is 1.83 bits per heavy atom. The number of hydrogen-bond donors (Lipinski definition) is 0. The van der Waals surface area contributed by atoms with Gasteiger partial charge in [0, 0.05) is 5.92 Å². The van der Waals surface area contributed by atoms with Crippen molar-refractivity contribution in [2.75, 3.05) is 6.61 Å². The Balaban J connectivity index is 1.29. The van der Waals surface area contributed by atoms with Crippen LogP contribution in [0.4, 0.5) is 0 Å². The number of esters is 1. The Hall–Kier alpha value is -3.09. The summed E-state index contributed by atoms with van der Waals surface area (Å²) in [6.07, 6.45) is 11.7. The molecule has 2 atom stereocenters. The fourth-order valence-electron chi connectivity index (χ4n) is 6.00. The molecule has 0 saturated heterocycles. The highest BCUT2D eigenvalue weighted by Crippen LogP contribution is 2.45. The molecule has 1 aliphatic heterocycles. The van der Waals surface area contributed by atoms with E-state index in [1.807, 2.05) is 30.3 Å². The second-order valence-corrected chi connectivity index (χ2v) is 11.4. The number of furan rings is 2. The molecule has 2 saturated carbocycles. The van der Waals surface area contributed by atoms with Gasteiger partial charge in [0.15, 0.2) is 6.61 Å². The number of allylic oxidation sites excluding steroid dienone is 1. The van der Waals surface area contributed by atoms with Crippen molar-refractivity contribution in [2.45, 2.75) is 71.8 Å². The number of amides is 1. The van der Waals surface area contributed by atoms with Crippen molar-refractivity contribution < 1.29 is 23.2 Å². The first-order chi connectivity index (χ1) is 17.3. The summed E-state index contributed by atoms with van der Waals surface area (Å²) < 4.78 is 16.8. The Morgan fingerprint density at radius 1 is 1.08 bits per heavy atom. The molecule has 0 spiro atoms. The van der Waals surface area contributed by atoms with Crippen LogP contribution in [0, 0.1) is 23.2 Å². The van der Waals surface area contributed by atoms with E-state index in [1.165, 1.54) is 5.01 Å². The lowest BCUT2D eigenvalue weighted by Gasteiger charge is -2.36. The average Bonchev–Trinajstić information content (AvgIpc) is 3.63. The molecule has 2 fully saturated rings. The topological polar surface area (TPSA) is 85.3 Å². The molecule has 7 heteroatoms. The van der Waals surface area contributed by atoms with Gasteiger partial charge >= 0.3 is 5.97 Å². The molecule has 0 radical (unpaired) electrons. The van der Waals surface area contributed by atoms with E-state index in [1.54, 1.807) is 12.5 Å². The molecule has 2 aliphatic carbocycles. The van der Waals surface area contributed by atoms with Gasteiger partial charge in [-0.1, -0.05) is 20.8 Å². The molecule has 192 valence electrons. The van der Waals surface area contributed by atoms with E-state index >= 15 is 0 Å². The van der Waals surface area contributed by atoms with Crippen LogP contribution >= 0.6 is 0 Å². The molecular formula is C29H36N2O5. The maximum Gasteiger partial charge on any atom is 0.309 e. The zero-order valence-electron chi connectivity index (χ0n) is 21.4. The quantitative estimate of drug-likeness (QED) is 0.451. The van der Waals surface area contributed by atoms with Crippen LogP contribution < -0.4 is 0 Å². The van der Waals surface area contributed by atoms with Gasteiger partial charge in [-0.25, -0.2) is 5.01 Å². The van der Waals surface area contributed by atoms with Crippen molar-refractivity contribution in [3.63, 3.8) is 0 Å². The standard InChI is InChI=1S/C29H36N2O5/c1-29(2,3)21-13-11-19(12-14-21)28(33)36-18-25(32)31-27(24-10-6-16-35-24)23-9-4-7-20(26(23)30-31)17-22-8-5-15-34-22/h5-6,8,10,15-17,19,21,23,27H,4,7,9,11-14,18H2,1-3H3. The molecule has 0 bridgehead atoms. The average molecular weight is 493 g/mol. The number of carbonyl (C=O) groups is 2. The van der Waals surface area contributed by atoms with Gasteiger partial charge in [-0.15, -0.1) is 0 Å². The van der Waals surface area contributed by atoms with E-state index in [2.05, 4.69) is 20.8 Å². The van der Waals surface area contributed by atoms with E-state index in [4.69, 9.17) is 18.7 Å². The highest BCUT2D eigenvalue weighted by atomic mass is 16.5. The van der Waals surface area contributed by atoms with E-state index in [0.29, 0.717) is 11.7 Å². The first kappa shape index (κ1) is 24.6. The van der Waals surface area contributed by atoms with Gasteiger partial charge in [-0.3, -0.25) is 9.59 Å². The molecule has 1 amide bonds. The number of rotatable bonds is 5. The number of fused-ring (bicyclic) bond motifs is 1. The van der Waals surface area contributed by atoms with Crippen LogP contribution in [-0.2, 0) is 14.3 Å². The minimum Gasteiger partial charge on any atom is -0.467 e. The predicted octanol–water partition coefficient (Wildman–Crippen LogP) is 6.39. The molecule has 5 rings (SSSR count). The third-order valence-corrected chi connectivity index (χ3v) is 8.07. The fraction of sp³-hybridized carbons (Fsp3) is 0.552. The van der Waals surface area contributed by atoms with Crippen LogP contribution in [0.5, 0.6) is 0 Å². The summed E-state index contributed by atoms with van der Waals surface area (Å²) in [4.78, 5) is 26.1. The summed E-state index contributed by atoms with van der Waals surface area (Å²) in [7, 11) is 0. The van der Waals surface area contributed by atoms with Gasteiger partial charge in [0.2, 0.25) is 0 Å². The lowest BCUT2D eigenvalue weighted by molar-refractivity contribution is -0.157. The Bertz CT molecular complexity index is 1120. The van der Waals surface area contributed by atoms with Gasteiger partial charge < -0.3 is 13.6 Å². The first-order valence-electron chi connectivity index (χ1n) is 13.2. The summed E-state index contributed by atoms with van der Waals surface area (Å²) in [6, 6.07) is 7.13. The molecule has 3 aliphatic rings. The number of carbonyl (C=O) groups excluding carboxylic acids is 2. The van der Waals surface area contributed by atoms with Crippen molar-refractivity contribution >= 4 is 23.7 Å². The third-order valence-electron chi connectivity index (χ3n) is 8.07. The highest BCUT2D eigenvalue weighted by Gasteiger charge is 2.45. The van der Waals surface area contributed by atoms with Crippen LogP contribution in [0.1, 0.15) is 83.3 Å². The van der Waals surface area contributed by atoms with Crippen molar-refractivity contribution in [3.8, 4) is 0 Å². The number of ether oxygens (including phenoxy) is 1. The van der Waals surface area contributed by atoms with Gasteiger partial charge in [-0.2, -0.15) is 5.10 Å². The van der Waals surface area contributed by atoms with E-state index in [9.17, 15) is 9.59 Å². The van der Waals surface area contributed by atoms with Crippen LogP contribution in [0.25, 0.3) is 6.08 Å². The summed E-state index contributed by atoms with van der Waals surface area (Å²) in [5.41, 5.74) is 2.21. The van der Waals surface area contributed by atoms with Crippen LogP contribution in [0.3, 0.4) is 0 Å². The van der Waals surface area contributed by atoms with Crippen LogP contribution in [0.2, 0.25) is 0 Å². The summed E-state index contributed by atoms with van der Waals surface area (Å²) in [6.45, 7) is 6.47. The zero-order valence-corrected chi connectivity index (χ0v) is 21.4. The lowest BCUT2D eigenvalue weighted by atomic mass is 9.70. The lowest BCUT2D eigenvalue weighted by Crippen LogP contribution is -2.35. The molecule has 2 unspecified atom stereocenters. The first-order valence-corrected chi connectivity index (χ1v) is 13.2. The Morgan fingerprint density at radius 3 is 2.50 bits per heavy atom. The number of hydrogen-bond acceptors (Lipinski definition) is 6. The van der Waals surface area contributed by atoms with Crippen LogP contribution in [-0.4, -0.2) is 29.2 Å². The Kier molecular flexibility index (Phi) is 6.91. The second-order valence-electron chi connectivity index (χ2n) is 11.4. The van der Waals surface area contributed by atoms with Crippen molar-refractivity contribution in [1.29, 1.82) is 0 Å². The van der Waals surface area contributed by atoms with E-state index in [0.717, 1.165) is 62.0 Å². The van der Waals surface area contributed by atoms with Crippen molar-refractivity contribution in [2.24, 2.45) is 28.3 Å². The summed E-state index contributed by atoms with van der Waals surface area (Å²) >= 11 is 0. The number of nitrogens with zero attached hydrogens (tertiary/aromatic N) is 2. The van der Waals surface area contributed by atoms with Crippen molar-refractivity contribution in [3.05, 3.63) is 53.9 Å². The van der Waals surface area contributed by atoms with Crippen LogP contribution in [0.15, 0.2) is 56.3 Å². The summed E-state index contributed by atoms with van der Waals surface area (Å²) in [5.74, 6) is 1.37. The molecule has 36 heavy (non-hydrogen) atoms. The maximum atomic E-state index is 13.4. The SMILES string of the molecule is CC(C)(C)C1CCC(C(=O)OCC(=O)N2N=C3C(=Cc4ccco4)CCCC3C2c2ccco2)CC1. The van der Waals surface area contributed by atoms with Crippen molar-refractivity contribution in [1.82, 2.24) is 5.01 Å². The molecule has 0 aromatic carbocycles. The zero-order chi connectivity index (χ0) is 25.3. The smallest absolute Gasteiger partial charge is 0.309 e. The van der Waals surface area contributed by atoms with E-state index in [-0.39, 0.29) is 41.8 Å². The van der Waals surface area contributed by atoms with Gasteiger partial charge in [-0.05, 0) is 92.2 Å². The minimum atomic E-state index is -0.344. The molecule has 2 aromatic heterocycles. The number of hydrazone groups is 1. The molecule has 2 aromatic rings. The van der Waals surface area contributed by atoms with Gasteiger partial charge in [0.05, 0.1) is 24.2 Å². The van der Waals surface area contributed by atoms with Gasteiger partial charge in [0.1, 0.15) is 17.6 Å². The molecule has 7 nitrogen and oxygen atoms in total. The Labute approximate surface area is 212 Å². The summed E-state index contributed by atoms with van der Waals surface area (Å²) in [5, 5.41) is 6.25. The maximum absolute atomic E-state index is 13.4. The molecular weight excluding hydrogens is 456 g/mol. The minimum absolute atomic E-state index is 0.0263. The third kappa shape index (κ3) is 5.06. The monoisotopic (exact) mass is 492 g/mol. The second kappa shape index (κ2) is 10.1. The fourth-order valence-corrected chi connectivity index (χ4v) is 6.00. The predicted molar refractivity (Wildman–Crippen MR) is 136 cm³/mol. The normalized spacial score (nSPS) is 27.6. The highest BCUT2D eigenvalue weighted by molar-refractivity contribution is 6.08. The van der Waals surface area contributed by atoms with E-state index < -0.39 is 0 Å². The molecule has 3 heterocycles. The largest absolute Gasteiger partial charge is 0.467 e.